The van der Waals surface area contributed by atoms with Crippen LogP contribution < -0.4 is 4.74 Å². The molecule has 0 radical (unpaired) electrons. The van der Waals surface area contributed by atoms with Gasteiger partial charge in [-0.1, -0.05) is 0 Å². The molecule has 0 amide bonds. The van der Waals surface area contributed by atoms with Gasteiger partial charge in [0.15, 0.2) is 8.32 Å². The molecule has 1 aliphatic rings. The summed E-state index contributed by atoms with van der Waals surface area (Å²) in [6.45, 7) is 14.5. The molecule has 1 atom stereocenters. The minimum atomic E-state index is -2.40. The first-order valence-corrected chi connectivity index (χ1v) is 13.6. The van der Waals surface area contributed by atoms with Gasteiger partial charge in [-0.25, -0.2) is 9.59 Å². The average Bonchev–Trinajstić information content (AvgIpc) is 2.86. The van der Waals surface area contributed by atoms with Crippen LogP contribution in [0.3, 0.4) is 0 Å². The molecule has 0 aliphatic carbocycles. The van der Waals surface area contributed by atoms with Crippen LogP contribution in [0.1, 0.15) is 40.2 Å². The number of carbonyl (C=O) groups is 2. The van der Waals surface area contributed by atoms with Gasteiger partial charge in [0, 0.05) is 5.56 Å². The average molecular weight is 451 g/mol. The monoisotopic (exact) mass is 450 g/mol. The van der Waals surface area contributed by atoms with Crippen LogP contribution in [-0.2, 0) is 28.2 Å². The van der Waals surface area contributed by atoms with Gasteiger partial charge in [0.05, 0.1) is 14.2 Å². The Balaban J connectivity index is 2.86. The molecule has 31 heavy (non-hydrogen) atoms. The number of carbonyl (C=O) groups excluding carboxylic acids is 2. The van der Waals surface area contributed by atoms with Crippen LogP contribution >= 0.6 is 0 Å². The Morgan fingerprint density at radius 2 is 1.55 bits per heavy atom. The van der Waals surface area contributed by atoms with Gasteiger partial charge in [0.2, 0.25) is 5.60 Å². The number of methoxy groups -OCH3 is 2. The smallest absolute Gasteiger partial charge is 0.346 e. The quantitative estimate of drug-likeness (QED) is 0.472. The molecule has 0 N–H and O–H groups in total. The molecule has 7 nitrogen and oxygen atoms in total. The zero-order valence-corrected chi connectivity index (χ0v) is 21.2. The van der Waals surface area contributed by atoms with Crippen molar-refractivity contribution >= 4 is 26.0 Å². The van der Waals surface area contributed by atoms with E-state index in [2.05, 4.69) is 0 Å². The van der Waals surface area contributed by atoms with Crippen molar-refractivity contribution in [2.24, 2.45) is 0 Å². The molecule has 1 aliphatic heterocycles. The summed E-state index contributed by atoms with van der Waals surface area (Å²) in [6.07, 6.45) is 0. The zero-order valence-electron chi connectivity index (χ0n) is 20.2. The zero-order chi connectivity index (χ0) is 23.8. The van der Waals surface area contributed by atoms with Gasteiger partial charge in [0.1, 0.15) is 28.3 Å². The van der Waals surface area contributed by atoms with E-state index >= 15 is 0 Å². The Hall–Kier alpha value is -2.32. The lowest BCUT2D eigenvalue weighted by Crippen LogP contribution is -2.62. The van der Waals surface area contributed by atoms with Crippen molar-refractivity contribution in [1.82, 2.24) is 0 Å². The van der Waals surface area contributed by atoms with E-state index in [0.717, 1.165) is 0 Å². The van der Waals surface area contributed by atoms with Crippen molar-refractivity contribution in [1.29, 1.82) is 0 Å². The number of hydrogen-bond acceptors (Lipinski definition) is 7. The summed E-state index contributed by atoms with van der Waals surface area (Å²) in [5.74, 6) is -0.514. The van der Waals surface area contributed by atoms with E-state index in [1.54, 1.807) is 66.0 Å². The predicted octanol–water partition coefficient (Wildman–Crippen LogP) is 4.32. The van der Waals surface area contributed by atoms with Gasteiger partial charge in [0.25, 0.3) is 0 Å². The number of benzene rings is 1. The number of rotatable bonds is 6. The molecular weight excluding hydrogens is 416 g/mol. The highest BCUT2D eigenvalue weighted by molar-refractivity contribution is 6.70. The first-order chi connectivity index (χ1) is 14.1. The highest BCUT2D eigenvalue weighted by Crippen LogP contribution is 2.51. The summed E-state index contributed by atoms with van der Waals surface area (Å²) in [4.78, 5) is 26.8. The van der Waals surface area contributed by atoms with Gasteiger partial charge in [-0.2, -0.15) is 0 Å². The van der Waals surface area contributed by atoms with Crippen LogP contribution in [0.4, 0.5) is 0 Å². The van der Waals surface area contributed by atoms with Crippen molar-refractivity contribution in [3.63, 3.8) is 0 Å². The second-order valence-electron chi connectivity index (χ2n) is 9.93. The lowest BCUT2D eigenvalue weighted by Gasteiger charge is -2.42. The fourth-order valence-electron chi connectivity index (χ4n) is 3.52. The maximum absolute atomic E-state index is 13.5. The summed E-state index contributed by atoms with van der Waals surface area (Å²) in [5, 5.41) is 0. The molecule has 1 aromatic rings. The van der Waals surface area contributed by atoms with Crippen LogP contribution in [0.5, 0.6) is 5.75 Å². The Morgan fingerprint density at radius 1 is 1.00 bits per heavy atom. The molecule has 172 valence electrons. The maximum atomic E-state index is 13.5. The maximum Gasteiger partial charge on any atom is 0.346 e. The lowest BCUT2D eigenvalue weighted by molar-refractivity contribution is -0.175. The van der Waals surface area contributed by atoms with Gasteiger partial charge in [-0.05, 0) is 78.5 Å². The van der Waals surface area contributed by atoms with Crippen molar-refractivity contribution in [3.05, 3.63) is 35.4 Å². The largest absolute Gasteiger partial charge is 0.497 e. The van der Waals surface area contributed by atoms with Gasteiger partial charge >= 0.3 is 11.9 Å². The van der Waals surface area contributed by atoms with Crippen molar-refractivity contribution < 1.29 is 33.0 Å². The summed E-state index contributed by atoms with van der Waals surface area (Å²) in [6, 6.07) is 7.03. The molecule has 1 unspecified atom stereocenters. The molecule has 0 saturated heterocycles. The fraction of sp³-hybridized carbons (Fsp3) is 0.565. The second kappa shape index (κ2) is 8.31. The summed E-state index contributed by atoms with van der Waals surface area (Å²) in [5.41, 5.74) is -3.21. The van der Waals surface area contributed by atoms with Gasteiger partial charge in [-0.15, -0.1) is 0 Å². The van der Waals surface area contributed by atoms with Crippen LogP contribution in [0.2, 0.25) is 19.6 Å². The van der Waals surface area contributed by atoms with Crippen LogP contribution in [0.25, 0.3) is 5.76 Å². The second-order valence-corrected chi connectivity index (χ2v) is 14.4. The first kappa shape index (κ1) is 24.9. The van der Waals surface area contributed by atoms with Crippen LogP contribution in [0, 0.1) is 0 Å². The Morgan fingerprint density at radius 3 is 1.97 bits per heavy atom. The molecule has 1 aromatic carbocycles. The van der Waals surface area contributed by atoms with Crippen LogP contribution in [0.15, 0.2) is 29.8 Å². The number of ether oxygens (including phenoxy) is 4. The minimum absolute atomic E-state index is 0.00636. The minimum Gasteiger partial charge on any atom is -0.497 e. The summed E-state index contributed by atoms with van der Waals surface area (Å²) in [7, 11) is 0.442. The van der Waals surface area contributed by atoms with Crippen molar-refractivity contribution in [3.8, 4) is 5.75 Å². The Bertz CT molecular complexity index is 873. The predicted molar refractivity (Wildman–Crippen MR) is 120 cm³/mol. The molecule has 8 heteroatoms. The van der Waals surface area contributed by atoms with E-state index < -0.39 is 37.1 Å². The molecule has 0 fully saturated rings. The highest BCUT2D eigenvalue weighted by Gasteiger charge is 2.67. The molecule has 0 aromatic heterocycles. The van der Waals surface area contributed by atoms with Crippen molar-refractivity contribution in [2.45, 2.75) is 71.1 Å². The van der Waals surface area contributed by atoms with E-state index in [1.807, 2.05) is 19.6 Å². The number of esters is 2. The van der Waals surface area contributed by atoms with E-state index in [1.165, 1.54) is 7.11 Å². The third-order valence-corrected chi connectivity index (χ3v) is 5.59. The third-order valence-electron chi connectivity index (χ3n) is 4.67. The normalized spacial score (nSPS) is 20.8. The Kier molecular flexibility index (Phi) is 6.69. The van der Waals surface area contributed by atoms with Crippen molar-refractivity contribution in [2.75, 3.05) is 14.2 Å². The molecule has 0 spiro atoms. The summed E-state index contributed by atoms with van der Waals surface area (Å²) < 4.78 is 28.8. The third kappa shape index (κ3) is 4.96. The van der Waals surface area contributed by atoms with Gasteiger partial charge in [-0.3, -0.25) is 0 Å². The fourth-order valence-corrected chi connectivity index (χ4v) is 4.87. The van der Waals surface area contributed by atoms with Gasteiger partial charge < -0.3 is 23.4 Å². The topological polar surface area (TPSA) is 80.3 Å². The highest BCUT2D eigenvalue weighted by atomic mass is 28.4. The molecule has 0 bridgehead atoms. The van der Waals surface area contributed by atoms with E-state index in [-0.39, 0.29) is 11.3 Å². The van der Waals surface area contributed by atoms with E-state index in [9.17, 15) is 9.59 Å². The molecule has 1 heterocycles. The Labute approximate surface area is 185 Å². The van der Waals surface area contributed by atoms with Crippen LogP contribution in [-0.4, -0.2) is 51.3 Å². The molecular formula is C23H34O7Si. The first-order valence-electron chi connectivity index (χ1n) is 10.2. The van der Waals surface area contributed by atoms with E-state index in [4.69, 9.17) is 23.4 Å². The molecule has 0 saturated carbocycles. The van der Waals surface area contributed by atoms with E-state index in [0.29, 0.717) is 11.3 Å². The molecule has 2 rings (SSSR count). The SMILES string of the molecule is COC(=O)C1(O[Si](C)(C)C)C(C(=O)OC(C)(C)C)=C(c2ccc(OC)cc2)OC1(C)C. The number of hydrogen-bond donors (Lipinski definition) is 0. The lowest BCUT2D eigenvalue weighted by atomic mass is 9.80. The standard InChI is InChI=1S/C23H34O7Si/c1-21(2,3)29-19(24)17-18(15-11-13-16(26-6)14-12-15)28-22(4,5)23(17,20(25)27-7)30-31(8,9)10/h11-14H,1-10H3. The summed E-state index contributed by atoms with van der Waals surface area (Å²) >= 11 is 0.